The summed E-state index contributed by atoms with van der Waals surface area (Å²) in [6.07, 6.45) is -4.63. The summed E-state index contributed by atoms with van der Waals surface area (Å²) in [5.74, 6) is -2.43. The van der Waals surface area contributed by atoms with Crippen LogP contribution >= 0.6 is 11.3 Å². The molecule has 2 aromatic rings. The second kappa shape index (κ2) is 6.73. The number of carbonyl (C=O) groups is 2. The quantitative estimate of drug-likeness (QED) is 0.836. The lowest BCUT2D eigenvalue weighted by molar-refractivity contribution is -0.141. The molecule has 2 heterocycles. The van der Waals surface area contributed by atoms with Crippen LogP contribution in [-0.2, 0) is 22.3 Å². The van der Waals surface area contributed by atoms with E-state index in [1.807, 2.05) is 5.32 Å². The van der Waals surface area contributed by atoms with Crippen molar-refractivity contribution in [3.8, 4) is 0 Å². The predicted octanol–water partition coefficient (Wildman–Crippen LogP) is 2.12. The van der Waals surface area contributed by atoms with Gasteiger partial charge in [0.15, 0.2) is 0 Å². The predicted molar refractivity (Wildman–Crippen MR) is 76.6 cm³/mol. The van der Waals surface area contributed by atoms with Gasteiger partial charge in [0.25, 0.3) is 0 Å². The van der Waals surface area contributed by atoms with Crippen molar-refractivity contribution in [3.05, 3.63) is 40.0 Å². The maximum absolute atomic E-state index is 12.5. The molecule has 2 aromatic heterocycles. The molecule has 2 rings (SSSR count). The van der Waals surface area contributed by atoms with Crippen molar-refractivity contribution >= 4 is 29.0 Å². The topological polar surface area (TPSA) is 84.0 Å². The van der Waals surface area contributed by atoms with Crippen LogP contribution in [0.4, 0.5) is 19.0 Å². The van der Waals surface area contributed by atoms with Gasteiger partial charge in [0.2, 0.25) is 0 Å². The number of rotatable bonds is 3. The van der Waals surface area contributed by atoms with E-state index in [-0.39, 0.29) is 12.4 Å². The molecule has 122 valence electrons. The van der Waals surface area contributed by atoms with E-state index in [0.29, 0.717) is 0 Å². The van der Waals surface area contributed by atoms with Crippen LogP contribution in [0.2, 0.25) is 0 Å². The lowest BCUT2D eigenvalue weighted by Gasteiger charge is -2.08. The van der Waals surface area contributed by atoms with Crippen molar-refractivity contribution in [3.63, 3.8) is 0 Å². The third-order valence-electron chi connectivity index (χ3n) is 2.74. The zero-order chi connectivity index (χ0) is 17.0. The lowest BCUT2D eigenvalue weighted by Crippen LogP contribution is -2.35. The van der Waals surface area contributed by atoms with Gasteiger partial charge in [-0.25, -0.2) is 9.97 Å². The summed E-state index contributed by atoms with van der Waals surface area (Å²) in [5.41, 5.74) is 1.18. The molecule has 0 unspecified atom stereocenters. The molecule has 0 bridgehead atoms. The molecule has 0 saturated heterocycles. The summed E-state index contributed by atoms with van der Waals surface area (Å²) in [6, 6.07) is 3.01. The molecule has 0 aliphatic rings. The van der Waals surface area contributed by atoms with E-state index >= 15 is 0 Å². The first-order valence-corrected chi connectivity index (χ1v) is 7.17. The molecular formula is C13H11F3N4O2S. The Morgan fingerprint density at radius 2 is 2.00 bits per heavy atom. The zero-order valence-electron chi connectivity index (χ0n) is 11.8. The van der Waals surface area contributed by atoms with Gasteiger partial charge in [-0.05, 0) is 19.1 Å². The van der Waals surface area contributed by atoms with Crippen molar-refractivity contribution in [2.75, 3.05) is 5.32 Å². The molecule has 0 aliphatic heterocycles. The minimum atomic E-state index is -4.63. The van der Waals surface area contributed by atoms with E-state index in [0.717, 1.165) is 28.8 Å². The number of amides is 2. The van der Waals surface area contributed by atoms with Gasteiger partial charge in [-0.15, -0.1) is 11.3 Å². The molecule has 0 spiro atoms. The molecule has 0 fully saturated rings. The SMILES string of the molecule is Cc1ncsc1CNC(=O)C(=O)Nc1cccc(C(F)(F)F)n1. The van der Waals surface area contributed by atoms with Crippen LogP contribution in [0.15, 0.2) is 23.7 Å². The van der Waals surface area contributed by atoms with Gasteiger partial charge in [-0.3, -0.25) is 9.59 Å². The number of pyridine rings is 1. The monoisotopic (exact) mass is 344 g/mol. The number of thiazole rings is 1. The van der Waals surface area contributed by atoms with Crippen molar-refractivity contribution in [2.45, 2.75) is 19.6 Å². The normalized spacial score (nSPS) is 11.1. The van der Waals surface area contributed by atoms with Gasteiger partial charge in [0.05, 0.1) is 17.7 Å². The largest absolute Gasteiger partial charge is 0.433 e. The number of nitrogens with one attached hydrogen (secondary N) is 2. The Labute approximate surface area is 132 Å². The van der Waals surface area contributed by atoms with Crippen LogP contribution in [0.5, 0.6) is 0 Å². The molecule has 0 aliphatic carbocycles. The van der Waals surface area contributed by atoms with Gasteiger partial charge in [-0.2, -0.15) is 13.2 Å². The number of aryl methyl sites for hydroxylation is 1. The highest BCUT2D eigenvalue weighted by Crippen LogP contribution is 2.28. The molecule has 2 N–H and O–H groups in total. The van der Waals surface area contributed by atoms with Crippen LogP contribution in [0, 0.1) is 6.92 Å². The Bertz CT molecular complexity index is 730. The Morgan fingerprint density at radius 1 is 1.26 bits per heavy atom. The fourth-order valence-electron chi connectivity index (χ4n) is 1.57. The highest BCUT2D eigenvalue weighted by Gasteiger charge is 2.32. The average Bonchev–Trinajstić information content (AvgIpc) is 2.89. The van der Waals surface area contributed by atoms with E-state index in [9.17, 15) is 22.8 Å². The van der Waals surface area contributed by atoms with Crippen molar-refractivity contribution in [1.82, 2.24) is 15.3 Å². The molecule has 23 heavy (non-hydrogen) atoms. The second-order valence-electron chi connectivity index (χ2n) is 4.40. The van der Waals surface area contributed by atoms with Gasteiger partial charge in [-0.1, -0.05) is 6.07 Å². The smallest absolute Gasteiger partial charge is 0.343 e. The van der Waals surface area contributed by atoms with E-state index in [2.05, 4.69) is 15.3 Å². The van der Waals surface area contributed by atoms with Crippen molar-refractivity contribution in [2.24, 2.45) is 0 Å². The first-order chi connectivity index (χ1) is 10.8. The number of anilines is 1. The number of halogens is 3. The summed E-state index contributed by atoms with van der Waals surface area (Å²) in [5, 5.41) is 4.38. The number of hydrogen-bond donors (Lipinski definition) is 2. The lowest BCUT2D eigenvalue weighted by atomic mass is 10.3. The van der Waals surface area contributed by atoms with Crippen LogP contribution in [0.1, 0.15) is 16.3 Å². The molecule has 0 atom stereocenters. The maximum atomic E-state index is 12.5. The third kappa shape index (κ3) is 4.49. The van der Waals surface area contributed by atoms with E-state index in [1.54, 1.807) is 12.4 Å². The van der Waals surface area contributed by atoms with E-state index in [4.69, 9.17) is 0 Å². The first-order valence-electron chi connectivity index (χ1n) is 6.30. The summed E-state index contributed by atoms with van der Waals surface area (Å²) in [6.45, 7) is 1.86. The molecular weight excluding hydrogens is 333 g/mol. The Kier molecular flexibility index (Phi) is 4.94. The minimum Gasteiger partial charge on any atom is -0.343 e. The molecule has 0 saturated carbocycles. The highest BCUT2D eigenvalue weighted by molar-refractivity contribution is 7.09. The van der Waals surface area contributed by atoms with Crippen LogP contribution < -0.4 is 10.6 Å². The summed E-state index contributed by atoms with van der Waals surface area (Å²) in [7, 11) is 0. The highest BCUT2D eigenvalue weighted by atomic mass is 32.1. The second-order valence-corrected chi connectivity index (χ2v) is 5.34. The van der Waals surface area contributed by atoms with E-state index < -0.39 is 23.7 Å². The third-order valence-corrected chi connectivity index (χ3v) is 3.68. The molecule has 6 nitrogen and oxygen atoms in total. The van der Waals surface area contributed by atoms with Crippen LogP contribution in [-0.4, -0.2) is 21.8 Å². The summed E-state index contributed by atoms with van der Waals surface area (Å²) < 4.78 is 37.6. The molecule has 0 aromatic carbocycles. The fourth-order valence-corrected chi connectivity index (χ4v) is 2.29. The number of hydrogen-bond acceptors (Lipinski definition) is 5. The fraction of sp³-hybridized carbons (Fsp3) is 0.231. The standard InChI is InChI=1S/C13H11F3N4O2S/c1-7-8(23-6-18-7)5-17-11(21)12(22)20-10-4-2-3-9(19-10)13(14,15)16/h2-4,6H,5H2,1H3,(H,17,21)(H,19,20,22). The number of carbonyl (C=O) groups excluding carboxylic acids is 2. The number of nitrogens with zero attached hydrogens (tertiary/aromatic N) is 2. The Morgan fingerprint density at radius 3 is 2.61 bits per heavy atom. The maximum Gasteiger partial charge on any atom is 0.433 e. The van der Waals surface area contributed by atoms with Crippen molar-refractivity contribution in [1.29, 1.82) is 0 Å². The van der Waals surface area contributed by atoms with E-state index in [1.165, 1.54) is 11.3 Å². The Balaban J connectivity index is 1.96. The Hall–Kier alpha value is -2.49. The summed E-state index contributed by atoms with van der Waals surface area (Å²) in [4.78, 5) is 31.3. The van der Waals surface area contributed by atoms with Gasteiger partial charge in [0.1, 0.15) is 11.5 Å². The minimum absolute atomic E-state index is 0.110. The number of aromatic nitrogens is 2. The zero-order valence-corrected chi connectivity index (χ0v) is 12.6. The first kappa shape index (κ1) is 16.9. The molecule has 0 radical (unpaired) electrons. The van der Waals surface area contributed by atoms with Crippen LogP contribution in [0.25, 0.3) is 0 Å². The molecule has 10 heteroatoms. The van der Waals surface area contributed by atoms with Gasteiger partial charge < -0.3 is 10.6 Å². The summed E-state index contributed by atoms with van der Waals surface area (Å²) >= 11 is 1.32. The van der Waals surface area contributed by atoms with Gasteiger partial charge >= 0.3 is 18.0 Å². The van der Waals surface area contributed by atoms with Crippen molar-refractivity contribution < 1.29 is 22.8 Å². The van der Waals surface area contributed by atoms with Gasteiger partial charge in [0, 0.05) is 4.88 Å². The molecule has 2 amide bonds. The average molecular weight is 344 g/mol. The van der Waals surface area contributed by atoms with Crippen LogP contribution in [0.3, 0.4) is 0 Å². The number of alkyl halides is 3.